The maximum Gasteiger partial charge on any atom is 0.435 e. The zero-order valence-corrected chi connectivity index (χ0v) is 25.0. The van der Waals surface area contributed by atoms with E-state index in [-0.39, 0.29) is 66.8 Å². The van der Waals surface area contributed by atoms with Crippen LogP contribution in [-0.4, -0.2) is 97.2 Å². The number of imidazole rings is 1. The van der Waals surface area contributed by atoms with Gasteiger partial charge < -0.3 is 30.1 Å². The summed E-state index contributed by atoms with van der Waals surface area (Å²) in [5.41, 5.74) is -3.41. The second-order valence-corrected chi connectivity index (χ2v) is 11.3. The molecule has 2 fully saturated rings. The average Bonchev–Trinajstić information content (AvgIpc) is 3.60. The molecule has 46 heavy (non-hydrogen) atoms. The molecule has 0 radical (unpaired) electrons. The van der Waals surface area contributed by atoms with Crippen LogP contribution >= 0.6 is 0 Å². The molecule has 2 saturated heterocycles. The molecule has 13 nitrogen and oxygen atoms in total. The minimum absolute atomic E-state index is 0.0182. The van der Waals surface area contributed by atoms with Crippen LogP contribution < -0.4 is 10.6 Å². The topological polar surface area (TPSA) is 172 Å². The SMILES string of the molecule is Cc1cc(NC(=O)c2ncc(-c3c(C(F)(F)F)n[nH]c3CC#N)n2C)cc(F)c1C(=O)N1CCN(C(=O)C2(O)CCCNC2)CC1. The first-order chi connectivity index (χ1) is 21.7. The second-order valence-electron chi connectivity index (χ2n) is 11.3. The number of amides is 3. The molecule has 0 spiro atoms. The Morgan fingerprint density at radius 1 is 1.17 bits per heavy atom. The fraction of sp³-hybridized carbons (Fsp3) is 0.448. The van der Waals surface area contributed by atoms with Gasteiger partial charge in [-0.3, -0.25) is 19.5 Å². The number of nitrogens with one attached hydrogen (secondary N) is 3. The standard InChI is InChI=1S/C29H31F4N9O4/c1-16-12-17(37-25(43)24-36-14-20(40(24)2)22-19(4-6-34)38-39-23(22)29(31,32)33)13-18(30)21(16)26(44)41-8-10-42(11-9-41)27(45)28(46)5-3-7-35-15-28/h12-14,35,46H,3-5,7-11,15H2,1-2H3,(H,37,43)(H,38,39). The van der Waals surface area contributed by atoms with Crippen LogP contribution in [0, 0.1) is 24.1 Å². The van der Waals surface area contributed by atoms with Crippen molar-refractivity contribution in [1.29, 1.82) is 5.26 Å². The number of aromatic nitrogens is 4. The minimum Gasteiger partial charge on any atom is -0.379 e. The predicted octanol–water partition coefficient (Wildman–Crippen LogP) is 1.99. The molecule has 3 aromatic rings. The van der Waals surface area contributed by atoms with Crippen molar-refractivity contribution in [3.8, 4) is 17.3 Å². The van der Waals surface area contributed by atoms with Crippen LogP contribution in [0.1, 0.15) is 50.8 Å². The van der Waals surface area contributed by atoms with Crippen LogP contribution in [0.3, 0.4) is 0 Å². The molecular weight excluding hydrogens is 614 g/mol. The van der Waals surface area contributed by atoms with E-state index in [9.17, 15) is 32.7 Å². The van der Waals surface area contributed by atoms with Gasteiger partial charge in [-0.2, -0.15) is 23.5 Å². The molecule has 244 valence electrons. The van der Waals surface area contributed by atoms with Gasteiger partial charge in [0.15, 0.2) is 17.1 Å². The summed E-state index contributed by atoms with van der Waals surface area (Å²) in [4.78, 5) is 46.1. The largest absolute Gasteiger partial charge is 0.435 e. The van der Waals surface area contributed by atoms with Gasteiger partial charge in [-0.1, -0.05) is 0 Å². The summed E-state index contributed by atoms with van der Waals surface area (Å²) in [6, 6.07) is 4.10. The molecule has 1 atom stereocenters. The number of anilines is 1. The number of H-pyrrole nitrogens is 1. The van der Waals surface area contributed by atoms with Gasteiger partial charge in [-0.25, -0.2) is 9.37 Å². The first-order valence-corrected chi connectivity index (χ1v) is 14.4. The highest BCUT2D eigenvalue weighted by Crippen LogP contribution is 2.38. The van der Waals surface area contributed by atoms with E-state index in [4.69, 9.17) is 5.26 Å². The van der Waals surface area contributed by atoms with Crippen molar-refractivity contribution in [3.63, 3.8) is 0 Å². The summed E-state index contributed by atoms with van der Waals surface area (Å²) in [6.45, 7) is 2.99. The van der Waals surface area contributed by atoms with E-state index in [0.29, 0.717) is 12.8 Å². The molecule has 2 aromatic heterocycles. The van der Waals surface area contributed by atoms with Gasteiger partial charge in [-0.15, -0.1) is 0 Å². The number of carbonyl (C=O) groups excluding carboxylic acids is 3. The Morgan fingerprint density at radius 2 is 1.87 bits per heavy atom. The third-order valence-corrected chi connectivity index (χ3v) is 8.19. The fourth-order valence-corrected chi connectivity index (χ4v) is 5.83. The first-order valence-electron chi connectivity index (χ1n) is 14.4. The molecule has 0 saturated carbocycles. The van der Waals surface area contributed by atoms with Gasteiger partial charge in [0.05, 0.1) is 41.2 Å². The average molecular weight is 646 g/mol. The van der Waals surface area contributed by atoms with Crippen LogP contribution in [-0.2, 0) is 24.4 Å². The lowest BCUT2D eigenvalue weighted by atomic mass is 9.92. The van der Waals surface area contributed by atoms with E-state index in [0.717, 1.165) is 23.4 Å². The van der Waals surface area contributed by atoms with Crippen molar-refractivity contribution >= 4 is 23.4 Å². The van der Waals surface area contributed by atoms with Gasteiger partial charge in [0.2, 0.25) is 0 Å². The van der Waals surface area contributed by atoms with Gasteiger partial charge in [0.1, 0.15) is 5.82 Å². The predicted molar refractivity (Wildman–Crippen MR) is 154 cm³/mol. The van der Waals surface area contributed by atoms with E-state index in [1.54, 1.807) is 6.07 Å². The quantitative estimate of drug-likeness (QED) is 0.295. The number of β-amino-alcohol motifs (C(OH)–C–C–N with tert-alkyl or cyclic N) is 1. The third-order valence-electron chi connectivity index (χ3n) is 8.19. The molecule has 3 amide bonds. The number of rotatable bonds is 6. The van der Waals surface area contributed by atoms with Gasteiger partial charge >= 0.3 is 6.18 Å². The number of nitriles is 1. The Hall–Kier alpha value is -4.82. The maximum atomic E-state index is 15.3. The lowest BCUT2D eigenvalue weighted by Crippen LogP contribution is -2.60. The Labute approximate surface area is 260 Å². The normalized spacial score (nSPS) is 18.7. The van der Waals surface area contributed by atoms with E-state index in [1.807, 2.05) is 0 Å². The van der Waals surface area contributed by atoms with Crippen LogP contribution in [0.15, 0.2) is 18.3 Å². The smallest absolute Gasteiger partial charge is 0.379 e. The molecule has 0 bridgehead atoms. The molecule has 2 aliphatic heterocycles. The van der Waals surface area contributed by atoms with Gasteiger partial charge in [0, 0.05) is 45.5 Å². The Bertz CT molecular complexity index is 1690. The maximum absolute atomic E-state index is 15.3. The summed E-state index contributed by atoms with van der Waals surface area (Å²) < 4.78 is 57.3. The number of piperazine rings is 1. The highest BCUT2D eigenvalue weighted by molar-refractivity contribution is 6.03. The Balaban J connectivity index is 1.29. The molecule has 2 aliphatic rings. The minimum atomic E-state index is -4.85. The zero-order chi connectivity index (χ0) is 33.4. The number of aryl methyl sites for hydroxylation is 1. The summed E-state index contributed by atoms with van der Waals surface area (Å²) >= 11 is 0. The molecule has 4 N–H and O–H groups in total. The number of aliphatic hydroxyl groups is 1. The second kappa shape index (κ2) is 12.5. The van der Waals surface area contributed by atoms with E-state index >= 15 is 4.39 Å². The number of hydrogen-bond donors (Lipinski definition) is 4. The monoisotopic (exact) mass is 645 g/mol. The molecule has 1 aromatic carbocycles. The molecule has 0 aliphatic carbocycles. The molecule has 4 heterocycles. The first kappa shape index (κ1) is 32.6. The number of carbonyl (C=O) groups is 3. The number of aromatic amines is 1. The molecular formula is C29H31F4N9O4. The van der Waals surface area contributed by atoms with Crippen molar-refractivity contribution < 1.29 is 37.1 Å². The van der Waals surface area contributed by atoms with Crippen LogP contribution in [0.2, 0.25) is 0 Å². The van der Waals surface area contributed by atoms with Crippen molar-refractivity contribution in [2.45, 2.75) is 38.0 Å². The van der Waals surface area contributed by atoms with Gasteiger partial charge in [0.25, 0.3) is 17.7 Å². The lowest BCUT2D eigenvalue weighted by molar-refractivity contribution is -0.154. The number of hydrogen-bond acceptors (Lipinski definition) is 8. The highest BCUT2D eigenvalue weighted by atomic mass is 19.4. The number of halogens is 4. The number of piperidine rings is 1. The fourth-order valence-electron chi connectivity index (χ4n) is 5.83. The Morgan fingerprint density at radius 3 is 2.48 bits per heavy atom. The number of nitrogens with zero attached hydrogens (tertiary/aromatic N) is 6. The van der Waals surface area contributed by atoms with E-state index in [2.05, 4.69) is 25.8 Å². The Kier molecular flexibility index (Phi) is 8.87. The van der Waals surface area contributed by atoms with Crippen molar-refractivity contribution in [2.24, 2.45) is 7.05 Å². The summed E-state index contributed by atoms with van der Waals surface area (Å²) in [5.74, 6) is -3.06. The van der Waals surface area contributed by atoms with E-state index in [1.165, 1.54) is 29.8 Å². The van der Waals surface area contributed by atoms with Crippen LogP contribution in [0.25, 0.3) is 11.3 Å². The summed E-state index contributed by atoms with van der Waals surface area (Å²) in [5, 5.41) is 30.8. The molecule has 1 unspecified atom stereocenters. The molecule has 17 heteroatoms. The van der Waals surface area contributed by atoms with Crippen LogP contribution in [0.5, 0.6) is 0 Å². The van der Waals surface area contributed by atoms with Crippen molar-refractivity contribution in [1.82, 2.24) is 34.9 Å². The van der Waals surface area contributed by atoms with Crippen LogP contribution in [0.4, 0.5) is 23.2 Å². The summed E-state index contributed by atoms with van der Waals surface area (Å²) in [6.07, 6.45) is -3.19. The van der Waals surface area contributed by atoms with E-state index < -0.39 is 53.0 Å². The highest BCUT2D eigenvalue weighted by Gasteiger charge is 2.42. The third kappa shape index (κ3) is 6.17. The van der Waals surface area contributed by atoms with Crippen molar-refractivity contribution in [3.05, 3.63) is 52.5 Å². The number of alkyl halides is 3. The summed E-state index contributed by atoms with van der Waals surface area (Å²) in [7, 11) is 1.31. The lowest BCUT2D eigenvalue weighted by Gasteiger charge is -2.40. The number of benzene rings is 1. The van der Waals surface area contributed by atoms with Gasteiger partial charge in [-0.05, 0) is 44.0 Å². The zero-order valence-electron chi connectivity index (χ0n) is 25.0. The van der Waals surface area contributed by atoms with Crippen molar-refractivity contribution in [2.75, 3.05) is 44.6 Å². The molecule has 5 rings (SSSR count).